The Kier molecular flexibility index (Phi) is 6.08. The third kappa shape index (κ3) is 4.00. The number of tetrazole rings is 1. The molecular formula is C16H23FN4O3. The van der Waals surface area contributed by atoms with Crippen LogP contribution in [0.4, 0.5) is 4.39 Å². The van der Waals surface area contributed by atoms with Gasteiger partial charge in [-0.3, -0.25) is 0 Å². The lowest BCUT2D eigenvalue weighted by Crippen LogP contribution is -2.23. The zero-order chi connectivity index (χ0) is 17.7. The Labute approximate surface area is 140 Å². The van der Waals surface area contributed by atoms with Crippen LogP contribution in [0.1, 0.15) is 32.3 Å². The number of hydrogen-bond acceptors (Lipinski definition) is 5. The van der Waals surface area contributed by atoms with Crippen LogP contribution in [0, 0.1) is 5.82 Å². The van der Waals surface area contributed by atoms with E-state index in [1.807, 2.05) is 13.8 Å². The lowest BCUT2D eigenvalue weighted by Gasteiger charge is -2.15. The van der Waals surface area contributed by atoms with E-state index in [4.69, 9.17) is 9.47 Å². The maximum atomic E-state index is 14.3. The number of hydrogen-bond donors (Lipinski definition) is 0. The molecule has 0 saturated carbocycles. The van der Waals surface area contributed by atoms with E-state index in [9.17, 15) is 9.18 Å². The highest BCUT2D eigenvalue weighted by atomic mass is 19.1. The maximum absolute atomic E-state index is 14.3. The summed E-state index contributed by atoms with van der Waals surface area (Å²) in [7, 11) is 3.07. The summed E-state index contributed by atoms with van der Waals surface area (Å²) in [4.78, 5) is 12.2. The number of methoxy groups -OCH3 is 1. The summed E-state index contributed by atoms with van der Waals surface area (Å²) >= 11 is 0. The van der Waals surface area contributed by atoms with Crippen molar-refractivity contribution in [2.24, 2.45) is 7.05 Å². The Balaban J connectivity index is 2.46. The van der Waals surface area contributed by atoms with Crippen molar-refractivity contribution in [3.8, 4) is 11.4 Å². The minimum absolute atomic E-state index is 0.167. The standard InChI is InChI=1S/C16H23FN4O3/c1-5-6-7-12-8-14(21-16(22)20(3)18-19-21)15(9-13(12)17)24-10-11(2)23-4/h8-9,11H,5-7,10H2,1-4H3/t11-/m0/s1. The molecule has 0 N–H and O–H groups in total. The lowest BCUT2D eigenvalue weighted by molar-refractivity contribution is 0.0714. The van der Waals surface area contributed by atoms with Gasteiger partial charge in [0.1, 0.15) is 23.9 Å². The van der Waals surface area contributed by atoms with Crippen molar-refractivity contribution in [1.29, 1.82) is 0 Å². The highest BCUT2D eigenvalue weighted by Crippen LogP contribution is 2.26. The number of unbranched alkanes of at least 4 members (excludes halogenated alkanes) is 1. The van der Waals surface area contributed by atoms with E-state index >= 15 is 0 Å². The van der Waals surface area contributed by atoms with Gasteiger partial charge in [-0.25, -0.2) is 9.18 Å². The Morgan fingerprint density at radius 1 is 1.33 bits per heavy atom. The maximum Gasteiger partial charge on any atom is 0.368 e. The largest absolute Gasteiger partial charge is 0.489 e. The third-order valence-electron chi connectivity index (χ3n) is 3.75. The van der Waals surface area contributed by atoms with Gasteiger partial charge in [0.25, 0.3) is 0 Å². The van der Waals surface area contributed by atoms with E-state index in [0.717, 1.165) is 22.2 Å². The summed E-state index contributed by atoms with van der Waals surface area (Å²) in [5.74, 6) is -0.122. The second-order valence-electron chi connectivity index (χ2n) is 5.67. The van der Waals surface area contributed by atoms with Crippen molar-refractivity contribution in [3.63, 3.8) is 0 Å². The Morgan fingerprint density at radius 2 is 2.08 bits per heavy atom. The molecule has 0 saturated heterocycles. The highest BCUT2D eigenvalue weighted by molar-refractivity contribution is 5.49. The fourth-order valence-corrected chi connectivity index (χ4v) is 2.17. The van der Waals surface area contributed by atoms with Crippen molar-refractivity contribution in [3.05, 3.63) is 34.0 Å². The van der Waals surface area contributed by atoms with E-state index in [-0.39, 0.29) is 24.3 Å². The van der Waals surface area contributed by atoms with Gasteiger partial charge in [-0.2, -0.15) is 9.36 Å². The number of ether oxygens (including phenoxy) is 2. The first kappa shape index (κ1) is 18.1. The smallest absolute Gasteiger partial charge is 0.368 e. The van der Waals surface area contributed by atoms with Gasteiger partial charge >= 0.3 is 5.69 Å². The predicted molar refractivity (Wildman–Crippen MR) is 87.1 cm³/mol. The molecule has 1 heterocycles. The van der Waals surface area contributed by atoms with E-state index in [2.05, 4.69) is 10.4 Å². The topological polar surface area (TPSA) is 71.2 Å². The number of aromatic nitrogens is 4. The average molecular weight is 338 g/mol. The van der Waals surface area contributed by atoms with E-state index in [1.54, 1.807) is 13.2 Å². The molecule has 132 valence electrons. The molecule has 0 unspecified atom stereocenters. The zero-order valence-corrected chi connectivity index (χ0v) is 14.5. The Hall–Kier alpha value is -2.22. The first-order valence-corrected chi connectivity index (χ1v) is 7.95. The van der Waals surface area contributed by atoms with Crippen LogP contribution in [0.15, 0.2) is 16.9 Å². The summed E-state index contributed by atoms with van der Waals surface area (Å²) in [5, 5.41) is 7.53. The van der Waals surface area contributed by atoms with Crippen molar-refractivity contribution in [1.82, 2.24) is 19.8 Å². The van der Waals surface area contributed by atoms with Crippen molar-refractivity contribution in [2.75, 3.05) is 13.7 Å². The molecule has 0 aliphatic carbocycles. The van der Waals surface area contributed by atoms with Gasteiger partial charge in [0.15, 0.2) is 0 Å². The first-order valence-electron chi connectivity index (χ1n) is 7.95. The Morgan fingerprint density at radius 3 is 2.67 bits per heavy atom. The molecule has 8 heteroatoms. The number of benzene rings is 1. The molecular weight excluding hydrogens is 315 g/mol. The van der Waals surface area contributed by atoms with Gasteiger partial charge < -0.3 is 9.47 Å². The van der Waals surface area contributed by atoms with Crippen LogP contribution >= 0.6 is 0 Å². The van der Waals surface area contributed by atoms with Crippen LogP contribution < -0.4 is 10.4 Å². The molecule has 0 fully saturated rings. The van der Waals surface area contributed by atoms with Gasteiger partial charge in [-0.15, -0.1) is 0 Å². The molecule has 0 aliphatic heterocycles. The fraction of sp³-hybridized carbons (Fsp3) is 0.562. The number of aryl methyl sites for hydroxylation is 2. The van der Waals surface area contributed by atoms with Crippen molar-refractivity contribution >= 4 is 0 Å². The second-order valence-corrected chi connectivity index (χ2v) is 5.67. The molecule has 0 bridgehead atoms. The van der Waals surface area contributed by atoms with E-state index in [1.165, 1.54) is 13.1 Å². The predicted octanol–water partition coefficient (Wildman–Crippen LogP) is 1.86. The lowest BCUT2D eigenvalue weighted by atomic mass is 10.1. The van der Waals surface area contributed by atoms with Crippen LogP contribution in [0.5, 0.6) is 5.75 Å². The summed E-state index contributed by atoms with van der Waals surface area (Å²) in [6.07, 6.45) is 2.22. The second kappa shape index (κ2) is 8.05. The number of rotatable bonds is 8. The molecule has 0 spiro atoms. The van der Waals surface area contributed by atoms with Gasteiger partial charge in [0.05, 0.1) is 6.10 Å². The normalized spacial score (nSPS) is 12.4. The van der Waals surface area contributed by atoms with Gasteiger partial charge in [-0.05, 0) is 41.8 Å². The molecule has 7 nitrogen and oxygen atoms in total. The van der Waals surface area contributed by atoms with Crippen molar-refractivity contribution < 1.29 is 13.9 Å². The van der Waals surface area contributed by atoms with Crippen LogP contribution in [0.3, 0.4) is 0 Å². The summed E-state index contributed by atoms with van der Waals surface area (Å²) in [5.41, 5.74) is 0.480. The summed E-state index contributed by atoms with van der Waals surface area (Å²) < 4.78 is 27.3. The average Bonchev–Trinajstić information content (AvgIpc) is 2.91. The van der Waals surface area contributed by atoms with Crippen LogP contribution in [0.25, 0.3) is 5.69 Å². The van der Waals surface area contributed by atoms with E-state index < -0.39 is 5.69 Å². The van der Waals surface area contributed by atoms with E-state index in [0.29, 0.717) is 17.7 Å². The van der Waals surface area contributed by atoms with Crippen LogP contribution in [-0.2, 0) is 18.2 Å². The number of halogens is 1. The molecule has 1 aromatic carbocycles. The van der Waals surface area contributed by atoms with Crippen LogP contribution in [-0.4, -0.2) is 39.6 Å². The highest BCUT2D eigenvalue weighted by Gasteiger charge is 2.17. The molecule has 0 radical (unpaired) electrons. The molecule has 2 rings (SSSR count). The molecule has 0 amide bonds. The molecule has 24 heavy (non-hydrogen) atoms. The van der Waals surface area contributed by atoms with Gasteiger partial charge in [0, 0.05) is 20.2 Å². The first-order chi connectivity index (χ1) is 11.5. The Bertz CT molecular complexity index is 741. The SMILES string of the molecule is CCCCc1cc(-n2nnn(C)c2=O)c(OC[C@H](C)OC)cc1F. The third-order valence-corrected chi connectivity index (χ3v) is 3.75. The monoisotopic (exact) mass is 338 g/mol. The summed E-state index contributed by atoms with van der Waals surface area (Å²) in [6, 6.07) is 2.90. The number of nitrogens with zero attached hydrogens (tertiary/aromatic N) is 4. The molecule has 0 aliphatic rings. The molecule has 2 aromatic rings. The van der Waals surface area contributed by atoms with Gasteiger partial charge in [-0.1, -0.05) is 13.3 Å². The van der Waals surface area contributed by atoms with Crippen molar-refractivity contribution in [2.45, 2.75) is 39.2 Å². The minimum Gasteiger partial charge on any atom is -0.489 e. The molecule has 1 atom stereocenters. The zero-order valence-electron chi connectivity index (χ0n) is 14.5. The quantitative estimate of drug-likeness (QED) is 0.735. The fourth-order valence-electron chi connectivity index (χ4n) is 2.17. The van der Waals surface area contributed by atoms with Crippen LogP contribution in [0.2, 0.25) is 0 Å². The van der Waals surface area contributed by atoms with Gasteiger partial charge in [0.2, 0.25) is 0 Å². The minimum atomic E-state index is -0.423. The summed E-state index contributed by atoms with van der Waals surface area (Å²) in [6.45, 7) is 4.10. The molecule has 1 aromatic heterocycles.